The molecule has 0 radical (unpaired) electrons. The zero-order valence-corrected chi connectivity index (χ0v) is 25.4. The lowest BCUT2D eigenvalue weighted by molar-refractivity contribution is -0.140. The number of nitrogens with zero attached hydrogens (tertiary/aromatic N) is 2. The topological polar surface area (TPSA) is 110 Å². The predicted molar refractivity (Wildman–Crippen MR) is 157 cm³/mol. The Morgan fingerprint density at radius 1 is 0.692 bits per heavy atom. The van der Waals surface area contributed by atoms with Crippen molar-refractivity contribution in [2.24, 2.45) is 5.41 Å². The maximum Gasteiger partial charge on any atom is 0.249 e. The van der Waals surface area contributed by atoms with Gasteiger partial charge in [0.25, 0.3) is 0 Å². The molecule has 39 heavy (non-hydrogen) atoms. The first-order chi connectivity index (χ1) is 18.7. The SMILES string of the molecule is CCCCCCCCCCCCCCCCCC(=O)N1CCN(C(=O)CCNC(=O)C(O)C(C)(C)CO)CC1. The van der Waals surface area contributed by atoms with Crippen LogP contribution in [0.1, 0.15) is 130 Å². The van der Waals surface area contributed by atoms with Crippen molar-refractivity contribution in [2.75, 3.05) is 39.3 Å². The van der Waals surface area contributed by atoms with Crippen molar-refractivity contribution in [3.05, 3.63) is 0 Å². The van der Waals surface area contributed by atoms with Crippen LogP contribution >= 0.6 is 0 Å². The number of carbonyl (C=O) groups excluding carboxylic acids is 3. The van der Waals surface area contributed by atoms with Crippen molar-refractivity contribution >= 4 is 17.7 Å². The van der Waals surface area contributed by atoms with Crippen molar-refractivity contribution in [3.8, 4) is 0 Å². The predicted octanol–water partition coefficient (Wildman–Crippen LogP) is 4.80. The first kappa shape index (κ1) is 35.4. The minimum atomic E-state index is -1.34. The van der Waals surface area contributed by atoms with E-state index in [1.165, 1.54) is 83.5 Å². The fraction of sp³-hybridized carbons (Fsp3) is 0.903. The normalized spacial score (nSPS) is 14.9. The smallest absolute Gasteiger partial charge is 0.249 e. The largest absolute Gasteiger partial charge is 0.396 e. The molecule has 0 saturated carbocycles. The molecule has 1 heterocycles. The molecule has 0 bridgehead atoms. The number of piperazine rings is 1. The molecule has 1 aliphatic rings. The van der Waals surface area contributed by atoms with Gasteiger partial charge in [0.1, 0.15) is 6.10 Å². The Balaban J connectivity index is 2.01. The molecule has 228 valence electrons. The second-order valence-corrected chi connectivity index (χ2v) is 12.1. The van der Waals surface area contributed by atoms with Gasteiger partial charge in [-0.15, -0.1) is 0 Å². The Bertz CT molecular complexity index is 677. The van der Waals surface area contributed by atoms with E-state index in [2.05, 4.69) is 12.2 Å². The Morgan fingerprint density at radius 3 is 1.49 bits per heavy atom. The van der Waals surface area contributed by atoms with Crippen LogP contribution in [0.15, 0.2) is 0 Å². The third kappa shape index (κ3) is 15.6. The zero-order valence-electron chi connectivity index (χ0n) is 25.4. The third-order valence-electron chi connectivity index (χ3n) is 8.01. The summed E-state index contributed by atoms with van der Waals surface area (Å²) in [6, 6.07) is 0. The van der Waals surface area contributed by atoms with Gasteiger partial charge in [-0.2, -0.15) is 0 Å². The Labute approximate surface area is 238 Å². The fourth-order valence-corrected chi connectivity index (χ4v) is 5.00. The minimum absolute atomic E-state index is 0.0688. The van der Waals surface area contributed by atoms with Crippen molar-refractivity contribution in [2.45, 2.75) is 136 Å². The highest BCUT2D eigenvalue weighted by Crippen LogP contribution is 2.19. The van der Waals surface area contributed by atoms with Crippen molar-refractivity contribution < 1.29 is 24.6 Å². The molecular weight excluding hydrogens is 494 g/mol. The molecule has 8 nitrogen and oxygen atoms in total. The van der Waals surface area contributed by atoms with Gasteiger partial charge in [0, 0.05) is 51.0 Å². The van der Waals surface area contributed by atoms with Crippen LogP contribution in [0.3, 0.4) is 0 Å². The van der Waals surface area contributed by atoms with E-state index in [1.807, 2.05) is 4.90 Å². The second-order valence-electron chi connectivity index (χ2n) is 12.1. The molecule has 3 N–H and O–H groups in total. The molecule has 1 rings (SSSR count). The monoisotopic (exact) mass is 553 g/mol. The lowest BCUT2D eigenvalue weighted by atomic mass is 9.87. The van der Waals surface area contributed by atoms with Gasteiger partial charge in [-0.3, -0.25) is 14.4 Å². The average Bonchev–Trinajstić information content (AvgIpc) is 2.94. The molecule has 1 atom stereocenters. The van der Waals surface area contributed by atoms with E-state index >= 15 is 0 Å². The highest BCUT2D eigenvalue weighted by molar-refractivity contribution is 5.82. The first-order valence-corrected chi connectivity index (χ1v) is 15.8. The lowest BCUT2D eigenvalue weighted by Crippen LogP contribution is -2.51. The van der Waals surface area contributed by atoms with Crippen LogP contribution in [0.4, 0.5) is 0 Å². The Morgan fingerprint density at radius 2 is 1.08 bits per heavy atom. The van der Waals surface area contributed by atoms with E-state index in [1.54, 1.807) is 18.7 Å². The van der Waals surface area contributed by atoms with E-state index in [-0.39, 0.29) is 31.4 Å². The number of unbranched alkanes of at least 4 members (excludes halogenated alkanes) is 14. The quantitative estimate of drug-likeness (QED) is 0.167. The van der Waals surface area contributed by atoms with Crippen LogP contribution in [0.2, 0.25) is 0 Å². The Kier molecular flexibility index (Phi) is 19.2. The molecule has 0 aromatic heterocycles. The summed E-state index contributed by atoms with van der Waals surface area (Å²) in [5, 5.41) is 21.9. The van der Waals surface area contributed by atoms with Gasteiger partial charge in [-0.25, -0.2) is 0 Å². The number of rotatable bonds is 22. The molecule has 0 spiro atoms. The van der Waals surface area contributed by atoms with Gasteiger partial charge in [0.05, 0.1) is 6.61 Å². The maximum atomic E-state index is 12.6. The van der Waals surface area contributed by atoms with Gasteiger partial charge >= 0.3 is 0 Å². The number of nitrogens with one attached hydrogen (secondary N) is 1. The van der Waals surface area contributed by atoms with Gasteiger partial charge in [0.15, 0.2) is 0 Å². The molecule has 0 aromatic rings. The van der Waals surface area contributed by atoms with Crippen molar-refractivity contribution in [1.29, 1.82) is 0 Å². The number of hydrogen-bond donors (Lipinski definition) is 3. The van der Waals surface area contributed by atoms with E-state index in [4.69, 9.17) is 0 Å². The molecule has 1 aliphatic heterocycles. The fourth-order valence-electron chi connectivity index (χ4n) is 5.00. The number of hydrogen-bond acceptors (Lipinski definition) is 5. The molecule has 0 aromatic carbocycles. The van der Waals surface area contributed by atoms with Gasteiger partial charge in [0.2, 0.25) is 17.7 Å². The number of aliphatic hydroxyl groups is 2. The molecule has 0 aliphatic carbocycles. The van der Waals surface area contributed by atoms with Gasteiger partial charge in [-0.05, 0) is 6.42 Å². The van der Waals surface area contributed by atoms with Crippen LogP contribution in [0, 0.1) is 5.41 Å². The van der Waals surface area contributed by atoms with Crippen LogP contribution in [0.5, 0.6) is 0 Å². The summed E-state index contributed by atoms with van der Waals surface area (Å²) >= 11 is 0. The first-order valence-electron chi connectivity index (χ1n) is 15.8. The Hall–Kier alpha value is -1.67. The highest BCUT2D eigenvalue weighted by Gasteiger charge is 2.33. The molecule has 1 fully saturated rings. The summed E-state index contributed by atoms with van der Waals surface area (Å²) in [5.74, 6) is -0.471. The van der Waals surface area contributed by atoms with Crippen LogP contribution in [-0.2, 0) is 14.4 Å². The zero-order chi connectivity index (χ0) is 28.9. The van der Waals surface area contributed by atoms with Crippen molar-refractivity contribution in [1.82, 2.24) is 15.1 Å². The molecule has 8 heteroatoms. The number of carbonyl (C=O) groups is 3. The summed E-state index contributed by atoms with van der Waals surface area (Å²) in [7, 11) is 0. The van der Waals surface area contributed by atoms with Crippen LogP contribution in [0.25, 0.3) is 0 Å². The van der Waals surface area contributed by atoms with E-state index in [9.17, 15) is 24.6 Å². The summed E-state index contributed by atoms with van der Waals surface area (Å²) in [6.07, 6.45) is 19.0. The standard InChI is InChI=1S/C31H59N3O5/c1-4-5-6-7-8-9-10-11-12-13-14-15-16-17-18-19-27(36)33-22-24-34(25-23-33)28(37)20-21-32-30(39)29(38)31(2,3)26-35/h29,35,38H,4-26H2,1-3H3,(H,32,39). The second kappa shape index (κ2) is 21.1. The minimum Gasteiger partial charge on any atom is -0.396 e. The van der Waals surface area contributed by atoms with Crippen LogP contribution < -0.4 is 5.32 Å². The van der Waals surface area contributed by atoms with E-state index in [0.717, 1.165) is 12.8 Å². The van der Waals surface area contributed by atoms with Crippen LogP contribution in [-0.4, -0.2) is 83.2 Å². The van der Waals surface area contributed by atoms with Gasteiger partial charge in [-0.1, -0.05) is 111 Å². The molecular formula is C31H59N3O5. The molecule has 3 amide bonds. The summed E-state index contributed by atoms with van der Waals surface area (Å²) in [5.41, 5.74) is -0.941. The summed E-state index contributed by atoms with van der Waals surface area (Å²) in [4.78, 5) is 40.7. The van der Waals surface area contributed by atoms with E-state index in [0.29, 0.717) is 32.6 Å². The third-order valence-corrected chi connectivity index (χ3v) is 8.01. The lowest BCUT2D eigenvalue weighted by Gasteiger charge is -2.35. The maximum absolute atomic E-state index is 12.6. The number of aliphatic hydroxyl groups excluding tert-OH is 2. The highest BCUT2D eigenvalue weighted by atomic mass is 16.3. The summed E-state index contributed by atoms with van der Waals surface area (Å²) < 4.78 is 0. The molecule has 1 unspecified atom stereocenters. The van der Waals surface area contributed by atoms with E-state index < -0.39 is 17.4 Å². The van der Waals surface area contributed by atoms with Gasteiger partial charge < -0.3 is 25.3 Å². The van der Waals surface area contributed by atoms with Crippen molar-refractivity contribution in [3.63, 3.8) is 0 Å². The summed E-state index contributed by atoms with van der Waals surface area (Å²) in [6.45, 7) is 7.42. The number of amides is 3. The average molecular weight is 554 g/mol. The molecule has 1 saturated heterocycles.